The average Bonchev–Trinajstić information content (AvgIpc) is 3.15. The summed E-state index contributed by atoms with van der Waals surface area (Å²) in [6.45, 7) is 0.936. The molecule has 0 unspecified atom stereocenters. The molecule has 0 bridgehead atoms. The number of methoxy groups -OCH3 is 1. The normalized spacial score (nSPS) is 13.4. The summed E-state index contributed by atoms with van der Waals surface area (Å²) >= 11 is 0. The number of hydrogen-bond acceptors (Lipinski definition) is 4. The smallest absolute Gasteiger partial charge is 0.337 e. The minimum Gasteiger partial charge on any atom is -0.465 e. The monoisotopic (exact) mass is 401 g/mol. The molecule has 2 N–H and O–H groups in total. The van der Waals surface area contributed by atoms with Crippen molar-refractivity contribution in [3.8, 4) is 0 Å². The maximum Gasteiger partial charge on any atom is 0.337 e. The summed E-state index contributed by atoms with van der Waals surface area (Å²) in [4.78, 5) is 45.3. The van der Waals surface area contributed by atoms with Crippen LogP contribution in [-0.2, 0) is 17.7 Å². The maximum absolute atomic E-state index is 13.2. The van der Waals surface area contributed by atoms with Gasteiger partial charge in [-0.25, -0.2) is 4.79 Å². The van der Waals surface area contributed by atoms with Gasteiger partial charge in [0.15, 0.2) is 0 Å². The van der Waals surface area contributed by atoms with Crippen molar-refractivity contribution in [1.82, 2.24) is 14.9 Å². The van der Waals surface area contributed by atoms with Crippen LogP contribution in [0.15, 0.2) is 53.3 Å². The Bertz CT molecular complexity index is 1380. The first-order chi connectivity index (χ1) is 14.5. The van der Waals surface area contributed by atoms with Crippen molar-refractivity contribution >= 4 is 33.6 Å². The molecule has 150 valence electrons. The van der Waals surface area contributed by atoms with Crippen molar-refractivity contribution in [2.24, 2.45) is 0 Å². The number of pyridine rings is 1. The molecule has 1 amide bonds. The van der Waals surface area contributed by atoms with Crippen LogP contribution in [0.3, 0.4) is 0 Å². The van der Waals surface area contributed by atoms with Gasteiger partial charge in [-0.15, -0.1) is 0 Å². The molecule has 2 aromatic carbocycles. The largest absolute Gasteiger partial charge is 0.465 e. The number of H-pyrrole nitrogens is 2. The van der Waals surface area contributed by atoms with Crippen LogP contribution in [0, 0.1) is 0 Å². The minimum atomic E-state index is -0.399. The lowest BCUT2D eigenvalue weighted by atomic mass is 10.0. The number of carbonyl (C=O) groups is 2. The van der Waals surface area contributed by atoms with E-state index in [9.17, 15) is 14.4 Å². The van der Waals surface area contributed by atoms with E-state index in [2.05, 4.69) is 9.97 Å². The van der Waals surface area contributed by atoms with Gasteiger partial charge in [0.25, 0.3) is 11.5 Å². The lowest BCUT2D eigenvalue weighted by Gasteiger charge is -2.27. The van der Waals surface area contributed by atoms with Crippen LogP contribution in [-0.4, -0.2) is 40.4 Å². The third-order valence-electron chi connectivity index (χ3n) is 5.67. The second-order valence-electron chi connectivity index (χ2n) is 7.41. The highest BCUT2D eigenvalue weighted by molar-refractivity contribution is 5.98. The quantitative estimate of drug-likeness (QED) is 0.505. The Labute approximate surface area is 171 Å². The zero-order valence-corrected chi connectivity index (χ0v) is 16.3. The van der Waals surface area contributed by atoms with Crippen LogP contribution >= 0.6 is 0 Å². The van der Waals surface area contributed by atoms with E-state index in [0.717, 1.165) is 27.5 Å². The molecule has 7 nitrogen and oxygen atoms in total. The Balaban J connectivity index is 1.51. The van der Waals surface area contributed by atoms with Gasteiger partial charge >= 0.3 is 5.97 Å². The van der Waals surface area contributed by atoms with Gasteiger partial charge in [-0.3, -0.25) is 9.59 Å². The van der Waals surface area contributed by atoms with Gasteiger partial charge in [-0.1, -0.05) is 18.2 Å². The molecule has 0 spiro atoms. The zero-order valence-electron chi connectivity index (χ0n) is 16.3. The number of hydrogen-bond donors (Lipinski definition) is 2. The fourth-order valence-corrected chi connectivity index (χ4v) is 4.13. The third-order valence-corrected chi connectivity index (χ3v) is 5.67. The summed E-state index contributed by atoms with van der Waals surface area (Å²) in [5.74, 6) is -0.619. The SMILES string of the molecule is COC(=O)c1ccc2[nH]c3c(c2c1)CN(C(=O)c1cc2ccccc2c(=O)[nH]1)CC3. The van der Waals surface area contributed by atoms with E-state index in [1.165, 1.54) is 7.11 Å². The lowest BCUT2D eigenvalue weighted by molar-refractivity contribution is 0.0600. The maximum atomic E-state index is 13.2. The average molecular weight is 401 g/mol. The predicted octanol–water partition coefficient (Wildman–Crippen LogP) is 2.99. The van der Waals surface area contributed by atoms with E-state index in [1.54, 1.807) is 35.2 Å². The second kappa shape index (κ2) is 6.88. The molecule has 4 aromatic rings. The summed E-state index contributed by atoms with van der Waals surface area (Å²) in [6.07, 6.45) is 0.668. The molecule has 0 radical (unpaired) electrons. The molecule has 30 heavy (non-hydrogen) atoms. The molecule has 0 saturated heterocycles. The summed E-state index contributed by atoms with van der Waals surface area (Å²) in [7, 11) is 1.35. The Hall–Kier alpha value is -3.87. The van der Waals surface area contributed by atoms with Crippen molar-refractivity contribution in [3.05, 3.63) is 81.4 Å². The molecule has 1 aliphatic rings. The first-order valence-electron chi connectivity index (χ1n) is 9.68. The molecular weight excluding hydrogens is 382 g/mol. The molecule has 0 fully saturated rings. The Kier molecular flexibility index (Phi) is 4.17. The van der Waals surface area contributed by atoms with E-state index in [-0.39, 0.29) is 17.2 Å². The number of benzene rings is 2. The number of nitrogens with one attached hydrogen (secondary N) is 2. The molecule has 0 saturated carbocycles. The van der Waals surface area contributed by atoms with Crippen molar-refractivity contribution in [3.63, 3.8) is 0 Å². The molecule has 5 rings (SSSR count). The molecule has 1 aliphatic heterocycles. The minimum absolute atomic E-state index is 0.220. The van der Waals surface area contributed by atoms with Gasteiger partial charge in [0.05, 0.1) is 12.7 Å². The van der Waals surface area contributed by atoms with E-state index < -0.39 is 5.97 Å². The topological polar surface area (TPSA) is 95.3 Å². The number of fused-ring (bicyclic) bond motifs is 4. The van der Waals surface area contributed by atoms with Crippen LogP contribution in [0.2, 0.25) is 0 Å². The van der Waals surface area contributed by atoms with E-state index >= 15 is 0 Å². The Morgan fingerprint density at radius 3 is 2.70 bits per heavy atom. The second-order valence-corrected chi connectivity index (χ2v) is 7.41. The van der Waals surface area contributed by atoms with Gasteiger partial charge in [-0.2, -0.15) is 0 Å². The van der Waals surface area contributed by atoms with Gasteiger partial charge in [0.1, 0.15) is 5.69 Å². The summed E-state index contributed by atoms with van der Waals surface area (Å²) < 4.78 is 4.82. The fraction of sp³-hybridized carbons (Fsp3) is 0.174. The first kappa shape index (κ1) is 18.2. The Morgan fingerprint density at radius 1 is 1.03 bits per heavy atom. The first-order valence-corrected chi connectivity index (χ1v) is 9.68. The fourth-order valence-electron chi connectivity index (χ4n) is 4.13. The van der Waals surface area contributed by atoms with Crippen LogP contribution in [0.5, 0.6) is 0 Å². The summed E-state index contributed by atoms with van der Waals surface area (Å²) in [6, 6.07) is 14.3. The number of amides is 1. The number of carbonyl (C=O) groups excluding carboxylic acids is 2. The van der Waals surface area contributed by atoms with Gasteiger partial charge in [0, 0.05) is 47.1 Å². The molecule has 3 heterocycles. The number of rotatable bonds is 2. The van der Waals surface area contributed by atoms with Crippen molar-refractivity contribution < 1.29 is 14.3 Å². The standard InChI is InChI=1S/C23H19N3O4/c1-30-23(29)14-6-7-18-16(10-14)17-12-26(9-8-19(17)24-18)22(28)20-11-13-4-2-3-5-15(13)21(27)25-20/h2-7,10-11,24H,8-9,12H2,1H3,(H,25,27). The highest BCUT2D eigenvalue weighted by Gasteiger charge is 2.26. The van der Waals surface area contributed by atoms with Crippen LogP contribution in [0.25, 0.3) is 21.7 Å². The third kappa shape index (κ3) is 2.86. The van der Waals surface area contributed by atoms with Crippen molar-refractivity contribution in [2.75, 3.05) is 13.7 Å². The van der Waals surface area contributed by atoms with Crippen molar-refractivity contribution in [1.29, 1.82) is 0 Å². The lowest BCUT2D eigenvalue weighted by Crippen LogP contribution is -2.36. The number of aromatic nitrogens is 2. The summed E-state index contributed by atoms with van der Waals surface area (Å²) in [5.41, 5.74) is 3.43. The van der Waals surface area contributed by atoms with Gasteiger partial charge < -0.3 is 19.6 Å². The molecule has 2 aromatic heterocycles. The molecule has 0 aliphatic carbocycles. The van der Waals surface area contributed by atoms with Gasteiger partial charge in [-0.05, 0) is 35.7 Å². The van der Waals surface area contributed by atoms with Crippen LogP contribution < -0.4 is 5.56 Å². The number of ether oxygens (including phenoxy) is 1. The zero-order chi connectivity index (χ0) is 20.8. The van der Waals surface area contributed by atoms with E-state index in [0.29, 0.717) is 30.5 Å². The van der Waals surface area contributed by atoms with E-state index in [4.69, 9.17) is 4.74 Å². The number of esters is 1. The predicted molar refractivity (Wildman–Crippen MR) is 113 cm³/mol. The molecular formula is C23H19N3O4. The highest BCUT2D eigenvalue weighted by atomic mass is 16.5. The Morgan fingerprint density at radius 2 is 1.87 bits per heavy atom. The van der Waals surface area contributed by atoms with Crippen LogP contribution in [0.4, 0.5) is 0 Å². The van der Waals surface area contributed by atoms with Crippen molar-refractivity contribution in [2.45, 2.75) is 13.0 Å². The van der Waals surface area contributed by atoms with Crippen LogP contribution in [0.1, 0.15) is 32.1 Å². The molecule has 0 atom stereocenters. The molecule has 7 heteroatoms. The van der Waals surface area contributed by atoms with E-state index in [1.807, 2.05) is 18.2 Å². The summed E-state index contributed by atoms with van der Waals surface area (Å²) in [5, 5.41) is 2.19. The highest BCUT2D eigenvalue weighted by Crippen LogP contribution is 2.29. The van der Waals surface area contributed by atoms with Gasteiger partial charge in [0.2, 0.25) is 0 Å². The number of nitrogens with zero attached hydrogens (tertiary/aromatic N) is 1. The number of aromatic amines is 2.